The lowest BCUT2D eigenvalue weighted by Crippen LogP contribution is -2.43. The van der Waals surface area contributed by atoms with Gasteiger partial charge in [0.25, 0.3) is 5.69 Å². The van der Waals surface area contributed by atoms with Crippen LogP contribution in [0.4, 0.5) is 5.69 Å². The molecular weight excluding hydrogens is 268 g/mol. The van der Waals surface area contributed by atoms with E-state index in [0.29, 0.717) is 19.4 Å². The summed E-state index contributed by atoms with van der Waals surface area (Å²) in [5, 5.41) is 10.9. The van der Waals surface area contributed by atoms with Gasteiger partial charge >= 0.3 is 0 Å². The number of para-hydroxylation sites is 1. The summed E-state index contributed by atoms with van der Waals surface area (Å²) in [7, 11) is 0. The van der Waals surface area contributed by atoms with Gasteiger partial charge in [0, 0.05) is 24.1 Å². The molecule has 2 N–H and O–H groups in total. The molecule has 0 fully saturated rings. The molecule has 2 aromatic rings. The number of nitro groups is 1. The molecule has 0 aliphatic carbocycles. The van der Waals surface area contributed by atoms with E-state index in [1.807, 2.05) is 30.3 Å². The summed E-state index contributed by atoms with van der Waals surface area (Å²) in [6, 6.07) is 14.4. The molecule has 3 rings (SSSR count). The number of rotatable bonds is 3. The molecule has 0 saturated heterocycles. The maximum Gasteiger partial charge on any atom is 0.269 e. The molecule has 21 heavy (non-hydrogen) atoms. The second-order valence-corrected chi connectivity index (χ2v) is 5.35. The van der Waals surface area contributed by atoms with Gasteiger partial charge in [0.15, 0.2) is 0 Å². The largest absolute Gasteiger partial charge is 0.493 e. The Morgan fingerprint density at radius 1 is 1.24 bits per heavy atom. The maximum atomic E-state index is 10.9. The van der Waals surface area contributed by atoms with E-state index in [0.717, 1.165) is 16.9 Å². The monoisotopic (exact) mass is 284 g/mol. The summed E-state index contributed by atoms with van der Waals surface area (Å²) >= 11 is 0. The van der Waals surface area contributed by atoms with Crippen molar-refractivity contribution in [1.29, 1.82) is 0 Å². The van der Waals surface area contributed by atoms with Crippen LogP contribution in [0.1, 0.15) is 17.5 Å². The number of non-ortho nitro benzene ring substituents is 1. The number of hydrogen-bond acceptors (Lipinski definition) is 4. The molecule has 108 valence electrons. The predicted molar refractivity (Wildman–Crippen MR) is 79.2 cm³/mol. The highest BCUT2D eigenvalue weighted by Gasteiger charge is 2.34. The second-order valence-electron chi connectivity index (χ2n) is 5.35. The molecule has 1 atom stereocenters. The van der Waals surface area contributed by atoms with Crippen LogP contribution in [0.3, 0.4) is 0 Å². The van der Waals surface area contributed by atoms with Crippen molar-refractivity contribution in [2.45, 2.75) is 18.4 Å². The fourth-order valence-electron chi connectivity index (χ4n) is 2.81. The zero-order valence-electron chi connectivity index (χ0n) is 11.5. The molecule has 5 nitrogen and oxygen atoms in total. The average Bonchev–Trinajstić information content (AvgIpc) is 2.48. The van der Waals surface area contributed by atoms with Crippen LogP contribution < -0.4 is 10.5 Å². The topological polar surface area (TPSA) is 78.4 Å². The molecule has 2 aromatic carbocycles. The number of ether oxygens (including phenoxy) is 1. The number of nitro benzene ring substituents is 1. The highest BCUT2D eigenvalue weighted by molar-refractivity contribution is 5.43. The van der Waals surface area contributed by atoms with E-state index in [4.69, 9.17) is 10.5 Å². The Bertz CT molecular complexity index is 687. The Balaban J connectivity index is 1.94. The molecule has 1 aliphatic heterocycles. The SMILES string of the molecule is NC1(Cc2cccc([N+](=O)[O-])c2)CCOc2ccccc21. The zero-order chi connectivity index (χ0) is 14.9. The van der Waals surface area contributed by atoms with Gasteiger partial charge in [-0.25, -0.2) is 0 Å². The summed E-state index contributed by atoms with van der Waals surface area (Å²) in [5.74, 6) is 0.802. The lowest BCUT2D eigenvalue weighted by molar-refractivity contribution is -0.384. The van der Waals surface area contributed by atoms with Crippen molar-refractivity contribution in [2.24, 2.45) is 5.73 Å². The molecule has 5 heteroatoms. The Morgan fingerprint density at radius 3 is 2.86 bits per heavy atom. The van der Waals surface area contributed by atoms with Crippen LogP contribution in [0, 0.1) is 10.1 Å². The van der Waals surface area contributed by atoms with Crippen molar-refractivity contribution < 1.29 is 9.66 Å². The van der Waals surface area contributed by atoms with Crippen LogP contribution in [0.25, 0.3) is 0 Å². The van der Waals surface area contributed by atoms with Gasteiger partial charge in [0.1, 0.15) is 5.75 Å². The fraction of sp³-hybridized carbons (Fsp3) is 0.250. The Labute approximate surface area is 122 Å². The van der Waals surface area contributed by atoms with Gasteiger partial charge in [0.05, 0.1) is 17.1 Å². The lowest BCUT2D eigenvalue weighted by atomic mass is 9.80. The smallest absolute Gasteiger partial charge is 0.269 e. The first-order valence-electron chi connectivity index (χ1n) is 6.83. The van der Waals surface area contributed by atoms with Gasteiger partial charge in [-0.3, -0.25) is 10.1 Å². The third-order valence-electron chi connectivity index (χ3n) is 3.87. The first kappa shape index (κ1) is 13.6. The molecule has 0 spiro atoms. The molecule has 0 amide bonds. The summed E-state index contributed by atoms with van der Waals surface area (Å²) in [4.78, 5) is 10.5. The maximum absolute atomic E-state index is 10.9. The molecular formula is C16H16N2O3. The van der Waals surface area contributed by atoms with E-state index in [-0.39, 0.29) is 10.6 Å². The van der Waals surface area contributed by atoms with Crippen LogP contribution in [0.15, 0.2) is 48.5 Å². The zero-order valence-corrected chi connectivity index (χ0v) is 11.5. The van der Waals surface area contributed by atoms with Crippen LogP contribution in [-0.2, 0) is 12.0 Å². The van der Waals surface area contributed by atoms with E-state index >= 15 is 0 Å². The molecule has 0 aromatic heterocycles. The van der Waals surface area contributed by atoms with Crippen molar-refractivity contribution in [1.82, 2.24) is 0 Å². The minimum atomic E-state index is -0.552. The van der Waals surface area contributed by atoms with Crippen LogP contribution in [-0.4, -0.2) is 11.5 Å². The Hall–Kier alpha value is -2.40. The third-order valence-corrected chi connectivity index (χ3v) is 3.87. The van der Waals surface area contributed by atoms with E-state index in [2.05, 4.69) is 0 Å². The van der Waals surface area contributed by atoms with Crippen molar-refractivity contribution in [2.75, 3.05) is 6.61 Å². The molecule has 1 aliphatic rings. The molecule has 0 bridgehead atoms. The van der Waals surface area contributed by atoms with Crippen LogP contribution in [0.5, 0.6) is 5.75 Å². The van der Waals surface area contributed by atoms with Gasteiger partial charge in [-0.2, -0.15) is 0 Å². The minimum Gasteiger partial charge on any atom is -0.493 e. The highest BCUT2D eigenvalue weighted by atomic mass is 16.6. The van der Waals surface area contributed by atoms with Gasteiger partial charge in [-0.15, -0.1) is 0 Å². The number of hydrogen-bond donors (Lipinski definition) is 1. The second kappa shape index (κ2) is 5.18. The van der Waals surface area contributed by atoms with Gasteiger partial charge in [-0.05, 0) is 18.1 Å². The molecule has 1 unspecified atom stereocenters. The standard InChI is InChI=1S/C16H16N2O3/c17-16(8-9-21-15-7-2-1-6-14(15)16)11-12-4-3-5-13(10-12)18(19)20/h1-7,10H,8-9,11,17H2. The fourth-order valence-corrected chi connectivity index (χ4v) is 2.81. The van der Waals surface area contributed by atoms with Crippen molar-refractivity contribution >= 4 is 5.69 Å². The van der Waals surface area contributed by atoms with Crippen molar-refractivity contribution in [3.05, 3.63) is 69.8 Å². The lowest BCUT2D eigenvalue weighted by Gasteiger charge is -2.35. The van der Waals surface area contributed by atoms with E-state index in [1.54, 1.807) is 12.1 Å². The number of benzene rings is 2. The summed E-state index contributed by atoms with van der Waals surface area (Å²) in [6.45, 7) is 0.558. The Kier molecular flexibility index (Phi) is 3.35. The van der Waals surface area contributed by atoms with Crippen LogP contribution >= 0.6 is 0 Å². The minimum absolute atomic E-state index is 0.0939. The van der Waals surface area contributed by atoms with Crippen molar-refractivity contribution in [3.63, 3.8) is 0 Å². The van der Waals surface area contributed by atoms with Gasteiger partial charge < -0.3 is 10.5 Å². The summed E-state index contributed by atoms with van der Waals surface area (Å²) < 4.78 is 5.63. The quantitative estimate of drug-likeness (QED) is 0.694. The molecule has 1 heterocycles. The highest BCUT2D eigenvalue weighted by Crippen LogP contribution is 2.37. The van der Waals surface area contributed by atoms with E-state index in [1.165, 1.54) is 6.07 Å². The average molecular weight is 284 g/mol. The number of nitrogens with two attached hydrogens (primary N) is 1. The summed E-state index contributed by atoms with van der Waals surface area (Å²) in [6.07, 6.45) is 1.24. The first-order valence-corrected chi connectivity index (χ1v) is 6.83. The van der Waals surface area contributed by atoms with E-state index in [9.17, 15) is 10.1 Å². The third kappa shape index (κ3) is 2.60. The predicted octanol–water partition coefficient (Wildman–Crippen LogP) is 2.77. The Morgan fingerprint density at radius 2 is 2.05 bits per heavy atom. The van der Waals surface area contributed by atoms with Gasteiger partial charge in [0.2, 0.25) is 0 Å². The van der Waals surface area contributed by atoms with E-state index < -0.39 is 5.54 Å². The number of fused-ring (bicyclic) bond motifs is 1. The van der Waals surface area contributed by atoms with Crippen LogP contribution in [0.2, 0.25) is 0 Å². The normalized spacial score (nSPS) is 20.4. The molecule has 0 saturated carbocycles. The summed E-state index contributed by atoms with van der Waals surface area (Å²) in [5.41, 5.74) is 7.95. The first-order chi connectivity index (χ1) is 10.1. The molecule has 0 radical (unpaired) electrons. The number of nitrogens with zero attached hydrogens (tertiary/aromatic N) is 1. The van der Waals surface area contributed by atoms with Gasteiger partial charge in [-0.1, -0.05) is 30.3 Å². The van der Waals surface area contributed by atoms with Crippen molar-refractivity contribution in [3.8, 4) is 5.75 Å².